The zero-order valence-corrected chi connectivity index (χ0v) is 11.2. The fourth-order valence-corrected chi connectivity index (χ4v) is 3.34. The Morgan fingerprint density at radius 1 is 1.69 bits per heavy atom. The number of carbonyl (C=O) groups is 1. The molecule has 0 bridgehead atoms. The Kier molecular flexibility index (Phi) is 4.23. The lowest BCUT2D eigenvalue weighted by molar-refractivity contribution is 0.0942. The summed E-state index contributed by atoms with van der Waals surface area (Å²) in [6.07, 6.45) is 2.83. The highest BCUT2D eigenvalue weighted by Crippen LogP contribution is 2.22. The molecule has 0 aromatic carbocycles. The average Bonchev–Trinajstić information content (AvgIpc) is 2.79. The van der Waals surface area contributed by atoms with Gasteiger partial charge in [0, 0.05) is 17.2 Å². The lowest BCUT2D eigenvalue weighted by atomic mass is 10.1. The summed E-state index contributed by atoms with van der Waals surface area (Å²) in [5.41, 5.74) is 0.466. The Labute approximate surface area is 108 Å². The first-order chi connectivity index (χ1) is 7.77. The van der Waals surface area contributed by atoms with Crippen LogP contribution in [0.15, 0.2) is 22.8 Å². The Morgan fingerprint density at radius 3 is 3.25 bits per heavy atom. The second kappa shape index (κ2) is 5.68. The molecule has 1 aliphatic heterocycles. The van der Waals surface area contributed by atoms with E-state index in [1.165, 1.54) is 12.2 Å². The van der Waals surface area contributed by atoms with Gasteiger partial charge in [0.15, 0.2) is 0 Å². The van der Waals surface area contributed by atoms with E-state index in [9.17, 15) is 4.79 Å². The first kappa shape index (κ1) is 11.9. The smallest absolute Gasteiger partial charge is 0.271 e. The average molecular weight is 301 g/mol. The number of halogens is 1. The Balaban J connectivity index is 1.90. The highest BCUT2D eigenvalue weighted by Gasteiger charge is 2.17. The molecule has 1 saturated heterocycles. The molecule has 0 radical (unpaired) electrons. The van der Waals surface area contributed by atoms with Gasteiger partial charge in [0.1, 0.15) is 5.69 Å². The lowest BCUT2D eigenvalue weighted by Crippen LogP contribution is -2.30. The Morgan fingerprint density at radius 2 is 2.56 bits per heavy atom. The van der Waals surface area contributed by atoms with Gasteiger partial charge in [-0.05, 0) is 51.9 Å². The largest absolute Gasteiger partial charge is 0.350 e. The van der Waals surface area contributed by atoms with E-state index in [1.54, 1.807) is 12.3 Å². The van der Waals surface area contributed by atoms with Gasteiger partial charge >= 0.3 is 0 Å². The molecule has 86 valence electrons. The van der Waals surface area contributed by atoms with E-state index >= 15 is 0 Å². The van der Waals surface area contributed by atoms with Crippen LogP contribution in [-0.2, 0) is 0 Å². The van der Waals surface area contributed by atoms with Gasteiger partial charge in [-0.1, -0.05) is 0 Å². The zero-order chi connectivity index (χ0) is 11.4. The molecule has 5 heteroatoms. The third-order valence-electron chi connectivity index (χ3n) is 2.55. The molecule has 1 atom stereocenters. The van der Waals surface area contributed by atoms with Crippen LogP contribution in [-0.4, -0.2) is 28.9 Å². The monoisotopic (exact) mass is 300 g/mol. The molecule has 1 N–H and O–H groups in total. The number of hydrogen-bond acceptors (Lipinski definition) is 3. The summed E-state index contributed by atoms with van der Waals surface area (Å²) in [5.74, 6) is 2.90. The molecule has 2 rings (SSSR count). The highest BCUT2D eigenvalue weighted by molar-refractivity contribution is 9.10. The first-order valence-corrected chi connectivity index (χ1v) is 7.18. The van der Waals surface area contributed by atoms with Crippen molar-refractivity contribution in [1.82, 2.24) is 10.3 Å². The fraction of sp³-hybridized carbons (Fsp3) is 0.455. The number of pyridine rings is 1. The summed E-state index contributed by atoms with van der Waals surface area (Å²) in [5, 5.41) is 2.94. The van der Waals surface area contributed by atoms with Gasteiger partial charge in [-0.25, -0.2) is 4.98 Å². The van der Waals surface area contributed by atoms with Crippen molar-refractivity contribution < 1.29 is 4.79 Å². The number of aromatic nitrogens is 1. The number of amides is 1. The molecule has 1 aliphatic rings. The Bertz CT molecular complexity index is 380. The second-order valence-electron chi connectivity index (χ2n) is 3.77. The van der Waals surface area contributed by atoms with E-state index in [0.29, 0.717) is 11.6 Å². The number of nitrogens with zero attached hydrogens (tertiary/aromatic N) is 1. The molecule has 0 saturated carbocycles. The van der Waals surface area contributed by atoms with E-state index in [0.717, 1.165) is 16.8 Å². The first-order valence-electron chi connectivity index (χ1n) is 5.24. The van der Waals surface area contributed by atoms with Gasteiger partial charge in [0.25, 0.3) is 5.91 Å². The van der Waals surface area contributed by atoms with E-state index in [1.807, 2.05) is 17.8 Å². The van der Waals surface area contributed by atoms with E-state index in [2.05, 4.69) is 26.2 Å². The lowest BCUT2D eigenvalue weighted by Gasteiger charge is -2.10. The minimum absolute atomic E-state index is 0.0932. The summed E-state index contributed by atoms with van der Waals surface area (Å²) >= 11 is 5.28. The van der Waals surface area contributed by atoms with Crippen molar-refractivity contribution >= 4 is 33.6 Å². The van der Waals surface area contributed by atoms with Crippen molar-refractivity contribution in [2.75, 3.05) is 18.1 Å². The van der Waals surface area contributed by atoms with Crippen molar-refractivity contribution in [3.05, 3.63) is 28.5 Å². The maximum atomic E-state index is 11.8. The molecule has 16 heavy (non-hydrogen) atoms. The number of rotatable bonds is 3. The minimum atomic E-state index is -0.0932. The van der Waals surface area contributed by atoms with Crippen LogP contribution in [0.5, 0.6) is 0 Å². The highest BCUT2D eigenvalue weighted by atomic mass is 79.9. The molecule has 3 nitrogen and oxygen atoms in total. The minimum Gasteiger partial charge on any atom is -0.350 e. The van der Waals surface area contributed by atoms with Crippen LogP contribution in [0.2, 0.25) is 0 Å². The maximum absolute atomic E-state index is 11.8. The summed E-state index contributed by atoms with van der Waals surface area (Å²) in [6.45, 7) is 0.759. The van der Waals surface area contributed by atoms with E-state index in [4.69, 9.17) is 0 Å². The molecule has 1 amide bonds. The van der Waals surface area contributed by atoms with Gasteiger partial charge in [0.05, 0.1) is 0 Å². The van der Waals surface area contributed by atoms with Crippen LogP contribution in [0, 0.1) is 5.92 Å². The van der Waals surface area contributed by atoms with Crippen LogP contribution in [0.4, 0.5) is 0 Å². The van der Waals surface area contributed by atoms with Crippen LogP contribution < -0.4 is 5.32 Å². The van der Waals surface area contributed by atoms with Crippen molar-refractivity contribution in [1.29, 1.82) is 0 Å². The molecular formula is C11H13BrN2OS. The van der Waals surface area contributed by atoms with Crippen molar-refractivity contribution in [3.8, 4) is 0 Å². The van der Waals surface area contributed by atoms with Crippen molar-refractivity contribution in [3.63, 3.8) is 0 Å². The third kappa shape index (κ3) is 2.98. The van der Waals surface area contributed by atoms with E-state index < -0.39 is 0 Å². The molecule has 1 aromatic heterocycles. The number of hydrogen-bond donors (Lipinski definition) is 1. The number of carbonyl (C=O) groups excluding carboxylic acids is 1. The molecule has 1 fully saturated rings. The molecule has 1 unspecified atom stereocenters. The van der Waals surface area contributed by atoms with Crippen LogP contribution in [0.3, 0.4) is 0 Å². The maximum Gasteiger partial charge on any atom is 0.271 e. The standard InChI is InChI=1S/C11H13BrN2OS/c12-9-2-1-4-13-10(9)11(15)14-6-8-3-5-16-7-8/h1-2,4,8H,3,5-7H2,(H,14,15). The van der Waals surface area contributed by atoms with Crippen LogP contribution in [0.25, 0.3) is 0 Å². The van der Waals surface area contributed by atoms with Gasteiger partial charge in [-0.3, -0.25) is 4.79 Å². The summed E-state index contributed by atoms with van der Waals surface area (Å²) < 4.78 is 0.744. The van der Waals surface area contributed by atoms with Crippen molar-refractivity contribution in [2.45, 2.75) is 6.42 Å². The van der Waals surface area contributed by atoms with E-state index in [-0.39, 0.29) is 5.91 Å². The molecule has 0 aliphatic carbocycles. The van der Waals surface area contributed by atoms with Crippen LogP contribution in [0.1, 0.15) is 16.9 Å². The topological polar surface area (TPSA) is 42.0 Å². The van der Waals surface area contributed by atoms with Gasteiger partial charge in [-0.2, -0.15) is 11.8 Å². The molecule has 2 heterocycles. The van der Waals surface area contributed by atoms with Gasteiger partial charge in [-0.15, -0.1) is 0 Å². The van der Waals surface area contributed by atoms with Gasteiger partial charge in [0.2, 0.25) is 0 Å². The summed E-state index contributed by atoms with van der Waals surface area (Å²) in [6, 6.07) is 3.63. The summed E-state index contributed by atoms with van der Waals surface area (Å²) in [7, 11) is 0. The number of thioether (sulfide) groups is 1. The Hall–Kier alpha value is -0.550. The number of nitrogens with one attached hydrogen (secondary N) is 1. The molecule has 1 aromatic rings. The second-order valence-corrected chi connectivity index (χ2v) is 5.78. The molecule has 0 spiro atoms. The SMILES string of the molecule is O=C(NCC1CCSC1)c1ncccc1Br. The van der Waals surface area contributed by atoms with Gasteiger partial charge < -0.3 is 5.32 Å². The van der Waals surface area contributed by atoms with Crippen molar-refractivity contribution in [2.24, 2.45) is 5.92 Å². The van der Waals surface area contributed by atoms with Crippen LogP contribution >= 0.6 is 27.7 Å². The fourth-order valence-electron chi connectivity index (χ4n) is 1.62. The quantitative estimate of drug-likeness (QED) is 0.931. The zero-order valence-electron chi connectivity index (χ0n) is 8.78. The normalized spacial score (nSPS) is 19.7. The third-order valence-corrected chi connectivity index (χ3v) is 4.42. The predicted octanol–water partition coefficient (Wildman–Crippen LogP) is 2.33. The summed E-state index contributed by atoms with van der Waals surface area (Å²) in [4.78, 5) is 15.9. The predicted molar refractivity (Wildman–Crippen MR) is 69.7 cm³/mol. The molecular weight excluding hydrogens is 288 g/mol.